The van der Waals surface area contributed by atoms with Gasteiger partial charge in [-0.2, -0.15) is 5.26 Å². The number of benzene rings is 2. The van der Waals surface area contributed by atoms with Crippen molar-refractivity contribution in [3.05, 3.63) is 53.6 Å². The Morgan fingerprint density at radius 1 is 1.05 bits per heavy atom. The third-order valence-corrected chi connectivity index (χ3v) is 2.78. The van der Waals surface area contributed by atoms with E-state index >= 15 is 0 Å². The van der Waals surface area contributed by atoms with Crippen LogP contribution in [0.15, 0.2) is 42.5 Å². The van der Waals surface area contributed by atoms with Gasteiger partial charge in [-0.15, -0.1) is 0 Å². The van der Waals surface area contributed by atoms with Gasteiger partial charge in [0.1, 0.15) is 23.3 Å². The van der Waals surface area contributed by atoms with E-state index in [-0.39, 0.29) is 0 Å². The van der Waals surface area contributed by atoms with E-state index in [0.717, 1.165) is 17.7 Å². The summed E-state index contributed by atoms with van der Waals surface area (Å²) >= 11 is 0. The van der Waals surface area contributed by atoms with E-state index in [1.165, 1.54) is 0 Å². The van der Waals surface area contributed by atoms with Crippen molar-refractivity contribution in [2.45, 2.75) is 20.3 Å². The Bertz CT molecular complexity index is 612. The molecule has 0 saturated carbocycles. The molecule has 0 fully saturated rings. The quantitative estimate of drug-likeness (QED) is 0.803. The van der Waals surface area contributed by atoms with Gasteiger partial charge in [0.05, 0.1) is 12.2 Å². The van der Waals surface area contributed by atoms with Gasteiger partial charge in [0.15, 0.2) is 0 Å². The van der Waals surface area contributed by atoms with E-state index < -0.39 is 0 Å². The second kappa shape index (κ2) is 6.63. The van der Waals surface area contributed by atoms with Crippen LogP contribution in [0.3, 0.4) is 0 Å². The molecular formula is C17H17NO2. The molecule has 20 heavy (non-hydrogen) atoms. The first kappa shape index (κ1) is 14.0. The molecular weight excluding hydrogens is 250 g/mol. The molecule has 3 nitrogen and oxygen atoms in total. The zero-order valence-electron chi connectivity index (χ0n) is 11.7. The molecule has 0 N–H and O–H groups in total. The zero-order valence-corrected chi connectivity index (χ0v) is 11.7. The van der Waals surface area contributed by atoms with Crippen LogP contribution in [0.2, 0.25) is 0 Å². The molecule has 2 aromatic rings. The minimum Gasteiger partial charge on any atom is -0.494 e. The van der Waals surface area contributed by atoms with Gasteiger partial charge in [-0.05, 0) is 55.3 Å². The predicted molar refractivity (Wildman–Crippen MR) is 78.2 cm³/mol. The number of nitrogens with zero attached hydrogens (tertiary/aromatic N) is 1. The normalized spacial score (nSPS) is 9.85. The monoisotopic (exact) mass is 267 g/mol. The lowest BCUT2D eigenvalue weighted by Gasteiger charge is -2.09. The van der Waals surface area contributed by atoms with Crippen LogP contribution in [-0.4, -0.2) is 6.61 Å². The fourth-order valence-electron chi connectivity index (χ4n) is 1.77. The van der Waals surface area contributed by atoms with Crippen molar-refractivity contribution >= 4 is 0 Å². The Morgan fingerprint density at radius 2 is 1.75 bits per heavy atom. The number of aryl methyl sites for hydroxylation is 1. The number of ether oxygens (including phenoxy) is 2. The highest BCUT2D eigenvalue weighted by Crippen LogP contribution is 2.27. The van der Waals surface area contributed by atoms with Crippen LogP contribution in [0.25, 0.3) is 0 Å². The maximum absolute atomic E-state index is 9.11. The molecule has 0 amide bonds. The van der Waals surface area contributed by atoms with Crippen LogP contribution in [0.4, 0.5) is 0 Å². The Kier molecular flexibility index (Phi) is 4.62. The molecule has 0 aromatic heterocycles. The van der Waals surface area contributed by atoms with Gasteiger partial charge in [-0.25, -0.2) is 0 Å². The molecule has 0 unspecified atom stereocenters. The third kappa shape index (κ3) is 3.52. The van der Waals surface area contributed by atoms with E-state index in [1.54, 1.807) is 0 Å². The van der Waals surface area contributed by atoms with Crippen molar-refractivity contribution in [3.8, 4) is 23.3 Å². The SMILES string of the molecule is CCCOc1ccc(Oc2ccc(C)cc2C#N)cc1. The van der Waals surface area contributed by atoms with Crippen molar-refractivity contribution in [2.75, 3.05) is 6.61 Å². The van der Waals surface area contributed by atoms with Gasteiger partial charge >= 0.3 is 0 Å². The Morgan fingerprint density at radius 3 is 2.40 bits per heavy atom. The van der Waals surface area contributed by atoms with Crippen molar-refractivity contribution in [3.63, 3.8) is 0 Å². The molecule has 3 heteroatoms. The van der Waals surface area contributed by atoms with Gasteiger partial charge < -0.3 is 9.47 Å². The van der Waals surface area contributed by atoms with E-state index in [0.29, 0.717) is 23.7 Å². The summed E-state index contributed by atoms with van der Waals surface area (Å²) in [6.07, 6.45) is 0.979. The van der Waals surface area contributed by atoms with Gasteiger partial charge in [0.2, 0.25) is 0 Å². The largest absolute Gasteiger partial charge is 0.494 e. The molecule has 102 valence electrons. The Balaban J connectivity index is 2.12. The Labute approximate surface area is 119 Å². The maximum Gasteiger partial charge on any atom is 0.145 e. The van der Waals surface area contributed by atoms with Gasteiger partial charge in [0.25, 0.3) is 0 Å². The molecule has 0 saturated heterocycles. The van der Waals surface area contributed by atoms with E-state index in [1.807, 2.05) is 49.4 Å². The van der Waals surface area contributed by atoms with E-state index in [4.69, 9.17) is 14.7 Å². The van der Waals surface area contributed by atoms with Crippen LogP contribution in [0.5, 0.6) is 17.2 Å². The van der Waals surface area contributed by atoms with Crippen molar-refractivity contribution in [1.29, 1.82) is 5.26 Å². The lowest BCUT2D eigenvalue weighted by atomic mass is 10.1. The minimum absolute atomic E-state index is 0.538. The van der Waals surface area contributed by atoms with E-state index in [9.17, 15) is 0 Å². The van der Waals surface area contributed by atoms with Crippen LogP contribution < -0.4 is 9.47 Å². The van der Waals surface area contributed by atoms with Crippen molar-refractivity contribution in [2.24, 2.45) is 0 Å². The summed E-state index contributed by atoms with van der Waals surface area (Å²) in [6, 6.07) is 15.1. The van der Waals surface area contributed by atoms with Gasteiger partial charge in [-0.3, -0.25) is 0 Å². The van der Waals surface area contributed by atoms with Crippen LogP contribution >= 0.6 is 0 Å². The van der Waals surface area contributed by atoms with E-state index in [2.05, 4.69) is 13.0 Å². The molecule has 0 aliphatic heterocycles. The molecule has 0 atom stereocenters. The Hall–Kier alpha value is -2.47. The van der Waals surface area contributed by atoms with Crippen LogP contribution in [-0.2, 0) is 0 Å². The van der Waals surface area contributed by atoms with Gasteiger partial charge in [-0.1, -0.05) is 13.0 Å². The summed E-state index contributed by atoms with van der Waals surface area (Å²) in [6.45, 7) is 4.72. The average Bonchev–Trinajstić information content (AvgIpc) is 2.48. The minimum atomic E-state index is 0.538. The topological polar surface area (TPSA) is 42.2 Å². The molecule has 0 aliphatic rings. The highest BCUT2D eigenvalue weighted by Gasteiger charge is 2.05. The third-order valence-electron chi connectivity index (χ3n) is 2.78. The van der Waals surface area contributed by atoms with Crippen LogP contribution in [0, 0.1) is 18.3 Å². The summed E-state index contributed by atoms with van der Waals surface area (Å²) in [7, 11) is 0. The summed E-state index contributed by atoms with van der Waals surface area (Å²) in [5.74, 6) is 2.08. The second-order valence-electron chi connectivity index (χ2n) is 4.53. The smallest absolute Gasteiger partial charge is 0.145 e. The standard InChI is InChI=1S/C17H17NO2/c1-3-10-19-15-5-7-16(8-6-15)20-17-9-4-13(2)11-14(17)12-18/h4-9,11H,3,10H2,1-2H3. The van der Waals surface area contributed by atoms with Crippen molar-refractivity contribution in [1.82, 2.24) is 0 Å². The number of hydrogen-bond donors (Lipinski definition) is 0. The highest BCUT2D eigenvalue weighted by molar-refractivity contribution is 5.47. The maximum atomic E-state index is 9.11. The van der Waals surface area contributed by atoms with Crippen LogP contribution in [0.1, 0.15) is 24.5 Å². The highest BCUT2D eigenvalue weighted by atomic mass is 16.5. The summed E-state index contributed by atoms with van der Waals surface area (Å²) in [5, 5.41) is 9.11. The second-order valence-corrected chi connectivity index (χ2v) is 4.53. The molecule has 2 rings (SSSR count). The molecule has 0 heterocycles. The molecule has 0 spiro atoms. The summed E-state index contributed by atoms with van der Waals surface area (Å²) < 4.78 is 11.2. The molecule has 2 aromatic carbocycles. The zero-order chi connectivity index (χ0) is 14.4. The summed E-state index contributed by atoms with van der Waals surface area (Å²) in [5.41, 5.74) is 1.58. The number of hydrogen-bond acceptors (Lipinski definition) is 3. The molecule has 0 bridgehead atoms. The first-order chi connectivity index (χ1) is 9.72. The number of nitriles is 1. The lowest BCUT2D eigenvalue weighted by molar-refractivity contribution is 0.317. The fourth-order valence-corrected chi connectivity index (χ4v) is 1.77. The fraction of sp³-hybridized carbons (Fsp3) is 0.235. The molecule has 0 aliphatic carbocycles. The first-order valence-corrected chi connectivity index (χ1v) is 6.64. The average molecular weight is 267 g/mol. The molecule has 0 radical (unpaired) electrons. The first-order valence-electron chi connectivity index (χ1n) is 6.64. The van der Waals surface area contributed by atoms with Crippen molar-refractivity contribution < 1.29 is 9.47 Å². The number of rotatable bonds is 5. The summed E-state index contributed by atoms with van der Waals surface area (Å²) in [4.78, 5) is 0. The lowest BCUT2D eigenvalue weighted by Crippen LogP contribution is -1.94. The van der Waals surface area contributed by atoms with Gasteiger partial charge in [0, 0.05) is 0 Å². The predicted octanol–water partition coefficient (Wildman–Crippen LogP) is 4.45.